The molecule has 1 aromatic carbocycles. The van der Waals surface area contributed by atoms with Crippen molar-refractivity contribution < 1.29 is 0 Å². The first-order chi connectivity index (χ1) is 11.7. The number of aryl methyl sites for hydroxylation is 1. The lowest BCUT2D eigenvalue weighted by molar-refractivity contribution is 0.479. The zero-order valence-corrected chi connectivity index (χ0v) is 14.1. The maximum absolute atomic E-state index is 4.74. The second kappa shape index (κ2) is 6.11. The van der Waals surface area contributed by atoms with Gasteiger partial charge in [0.15, 0.2) is 0 Å². The summed E-state index contributed by atoms with van der Waals surface area (Å²) >= 11 is 0. The number of fused-ring (bicyclic) bond motifs is 1. The summed E-state index contributed by atoms with van der Waals surface area (Å²) in [6.45, 7) is 3.96. The minimum atomic E-state index is 0.384. The van der Waals surface area contributed by atoms with Crippen molar-refractivity contribution in [1.29, 1.82) is 0 Å². The van der Waals surface area contributed by atoms with Crippen LogP contribution in [0.4, 0.5) is 11.9 Å². The molecule has 2 aromatic heterocycles. The van der Waals surface area contributed by atoms with Gasteiger partial charge < -0.3 is 14.8 Å². The van der Waals surface area contributed by atoms with E-state index in [1.54, 1.807) is 0 Å². The summed E-state index contributed by atoms with van der Waals surface area (Å²) in [7, 11) is 2.08. The minimum absolute atomic E-state index is 0.384. The predicted molar refractivity (Wildman–Crippen MR) is 96.5 cm³/mol. The number of likely N-dealkylation sites (N-methyl/N-ethyl adjacent to an activating group) is 1. The van der Waals surface area contributed by atoms with E-state index < -0.39 is 0 Å². The molecule has 1 N–H and O–H groups in total. The lowest BCUT2D eigenvalue weighted by atomic mass is 10.1. The van der Waals surface area contributed by atoms with Gasteiger partial charge in [-0.2, -0.15) is 0 Å². The number of hydrogen-bond acceptors (Lipinski definition) is 5. The normalized spacial score (nSPS) is 18.1. The van der Waals surface area contributed by atoms with Crippen LogP contribution in [0.1, 0.15) is 18.4 Å². The molecule has 4 rings (SSSR count). The number of para-hydroxylation sites is 2. The Balaban J connectivity index is 1.53. The third-order valence-electron chi connectivity index (χ3n) is 4.70. The Bertz CT molecular complexity index is 792. The van der Waals surface area contributed by atoms with E-state index in [9.17, 15) is 0 Å². The van der Waals surface area contributed by atoms with Gasteiger partial charge in [-0.15, -0.1) is 0 Å². The number of nitrogens with zero attached hydrogens (tertiary/aromatic N) is 5. The number of anilines is 2. The van der Waals surface area contributed by atoms with E-state index in [1.165, 1.54) is 0 Å². The van der Waals surface area contributed by atoms with Gasteiger partial charge in [0.05, 0.1) is 11.0 Å². The van der Waals surface area contributed by atoms with E-state index in [0.29, 0.717) is 6.04 Å². The SMILES string of the molecule is Cc1cnc(N(C)C2CCCN(c3nc4ccccc4[nH]3)C2)nc1. The Hall–Kier alpha value is -2.63. The van der Waals surface area contributed by atoms with Crippen molar-refractivity contribution in [3.63, 3.8) is 0 Å². The topological polar surface area (TPSA) is 60.9 Å². The Morgan fingerprint density at radius 3 is 2.79 bits per heavy atom. The lowest BCUT2D eigenvalue weighted by Gasteiger charge is -2.37. The molecule has 0 bridgehead atoms. The summed E-state index contributed by atoms with van der Waals surface area (Å²) in [5.74, 6) is 1.75. The molecule has 6 heteroatoms. The number of hydrogen-bond donors (Lipinski definition) is 1. The van der Waals surface area contributed by atoms with Crippen molar-refractivity contribution in [2.24, 2.45) is 0 Å². The van der Waals surface area contributed by atoms with Gasteiger partial charge in [-0.25, -0.2) is 15.0 Å². The zero-order valence-electron chi connectivity index (χ0n) is 14.1. The number of nitrogens with one attached hydrogen (secondary N) is 1. The van der Waals surface area contributed by atoms with Crippen molar-refractivity contribution in [3.05, 3.63) is 42.2 Å². The molecule has 1 atom stereocenters. The molecule has 1 saturated heterocycles. The zero-order chi connectivity index (χ0) is 16.5. The maximum atomic E-state index is 4.74. The molecular weight excluding hydrogens is 300 g/mol. The van der Waals surface area contributed by atoms with E-state index in [-0.39, 0.29) is 0 Å². The smallest absolute Gasteiger partial charge is 0.225 e. The van der Waals surface area contributed by atoms with Gasteiger partial charge in [-0.3, -0.25) is 0 Å². The highest BCUT2D eigenvalue weighted by Crippen LogP contribution is 2.23. The number of rotatable bonds is 3. The van der Waals surface area contributed by atoms with E-state index >= 15 is 0 Å². The van der Waals surface area contributed by atoms with Gasteiger partial charge in [0.1, 0.15) is 0 Å². The molecular formula is C18H22N6. The number of aromatic nitrogens is 4. The van der Waals surface area contributed by atoms with Gasteiger partial charge >= 0.3 is 0 Å². The summed E-state index contributed by atoms with van der Waals surface area (Å²) in [4.78, 5) is 21.6. The third kappa shape index (κ3) is 2.79. The Morgan fingerprint density at radius 1 is 1.21 bits per heavy atom. The van der Waals surface area contributed by atoms with Crippen molar-refractivity contribution in [2.75, 3.05) is 29.9 Å². The van der Waals surface area contributed by atoms with Crippen LogP contribution in [0.2, 0.25) is 0 Å². The third-order valence-corrected chi connectivity index (χ3v) is 4.70. The molecule has 1 unspecified atom stereocenters. The number of H-pyrrole nitrogens is 1. The maximum Gasteiger partial charge on any atom is 0.225 e. The largest absolute Gasteiger partial charge is 0.340 e. The van der Waals surface area contributed by atoms with Crippen LogP contribution in [0.3, 0.4) is 0 Å². The second-order valence-corrected chi connectivity index (χ2v) is 6.49. The molecule has 0 amide bonds. The van der Waals surface area contributed by atoms with Crippen LogP contribution in [0, 0.1) is 6.92 Å². The molecule has 1 aliphatic rings. The van der Waals surface area contributed by atoms with E-state index in [0.717, 1.165) is 54.4 Å². The number of benzene rings is 1. The van der Waals surface area contributed by atoms with Crippen LogP contribution in [0.25, 0.3) is 11.0 Å². The molecule has 0 aliphatic carbocycles. The summed E-state index contributed by atoms with van der Waals surface area (Å²) < 4.78 is 0. The predicted octanol–water partition coefficient (Wildman–Crippen LogP) is 2.77. The fourth-order valence-electron chi connectivity index (χ4n) is 3.28. The van der Waals surface area contributed by atoms with Gasteiger partial charge in [-0.05, 0) is 37.5 Å². The highest BCUT2D eigenvalue weighted by atomic mass is 15.3. The minimum Gasteiger partial charge on any atom is -0.340 e. The van der Waals surface area contributed by atoms with E-state index in [4.69, 9.17) is 4.98 Å². The van der Waals surface area contributed by atoms with Gasteiger partial charge in [0.2, 0.25) is 11.9 Å². The molecule has 1 fully saturated rings. The van der Waals surface area contributed by atoms with Gasteiger partial charge in [-0.1, -0.05) is 12.1 Å². The number of imidazole rings is 1. The Kier molecular flexibility index (Phi) is 3.80. The van der Waals surface area contributed by atoms with Crippen LogP contribution in [0.15, 0.2) is 36.7 Å². The molecule has 0 saturated carbocycles. The molecule has 3 aromatic rings. The van der Waals surface area contributed by atoms with E-state index in [1.807, 2.05) is 37.5 Å². The highest BCUT2D eigenvalue weighted by molar-refractivity contribution is 5.77. The first-order valence-corrected chi connectivity index (χ1v) is 8.42. The summed E-state index contributed by atoms with van der Waals surface area (Å²) in [6, 6.07) is 8.55. The van der Waals surface area contributed by atoms with Crippen molar-refractivity contribution in [1.82, 2.24) is 19.9 Å². The molecule has 6 nitrogen and oxygen atoms in total. The fourth-order valence-corrected chi connectivity index (χ4v) is 3.28. The van der Waals surface area contributed by atoms with Crippen LogP contribution in [0.5, 0.6) is 0 Å². The first kappa shape index (κ1) is 14.9. The number of aromatic amines is 1. The van der Waals surface area contributed by atoms with Crippen LogP contribution in [-0.2, 0) is 0 Å². The lowest BCUT2D eigenvalue weighted by Crippen LogP contribution is -2.47. The summed E-state index contributed by atoms with van der Waals surface area (Å²) in [6.07, 6.45) is 6.03. The highest BCUT2D eigenvalue weighted by Gasteiger charge is 2.26. The molecule has 124 valence electrons. The van der Waals surface area contributed by atoms with Crippen LogP contribution < -0.4 is 9.80 Å². The van der Waals surface area contributed by atoms with Crippen LogP contribution >= 0.6 is 0 Å². The van der Waals surface area contributed by atoms with Gasteiger partial charge in [0.25, 0.3) is 0 Å². The van der Waals surface area contributed by atoms with Gasteiger partial charge in [0, 0.05) is 38.6 Å². The van der Waals surface area contributed by atoms with Crippen molar-refractivity contribution in [2.45, 2.75) is 25.8 Å². The van der Waals surface area contributed by atoms with Crippen LogP contribution in [-0.4, -0.2) is 46.1 Å². The number of piperidine rings is 1. The molecule has 0 spiro atoms. The first-order valence-electron chi connectivity index (χ1n) is 8.42. The van der Waals surface area contributed by atoms with Crippen molar-refractivity contribution in [3.8, 4) is 0 Å². The standard InChI is InChI=1S/C18H22N6/c1-13-10-19-17(20-11-13)23(2)14-6-5-9-24(12-14)18-21-15-7-3-4-8-16(15)22-18/h3-4,7-8,10-11,14H,5-6,9,12H2,1-2H3,(H,21,22). The fraction of sp³-hybridized carbons (Fsp3) is 0.389. The quantitative estimate of drug-likeness (QED) is 0.803. The average Bonchev–Trinajstić information content (AvgIpc) is 3.06. The molecule has 3 heterocycles. The summed E-state index contributed by atoms with van der Waals surface area (Å²) in [5, 5.41) is 0. The molecule has 24 heavy (non-hydrogen) atoms. The monoisotopic (exact) mass is 322 g/mol. The Labute approximate surface area is 141 Å². The average molecular weight is 322 g/mol. The Morgan fingerprint density at radius 2 is 2.00 bits per heavy atom. The second-order valence-electron chi connectivity index (χ2n) is 6.49. The molecule has 1 aliphatic heterocycles. The summed E-state index contributed by atoms with van der Waals surface area (Å²) in [5.41, 5.74) is 3.19. The van der Waals surface area contributed by atoms with E-state index in [2.05, 4.69) is 37.9 Å². The molecule has 0 radical (unpaired) electrons. The van der Waals surface area contributed by atoms with Crippen molar-refractivity contribution >= 4 is 22.9 Å².